The first-order valence-corrected chi connectivity index (χ1v) is 8.58. The van der Waals surface area contributed by atoms with Crippen LogP contribution in [0, 0.1) is 23.6 Å². The van der Waals surface area contributed by atoms with Gasteiger partial charge in [-0.25, -0.2) is 4.39 Å². The van der Waals surface area contributed by atoms with Gasteiger partial charge in [-0.15, -0.1) is 0 Å². The molecule has 2 rings (SSSR count). The van der Waals surface area contributed by atoms with E-state index in [4.69, 9.17) is 0 Å². The van der Waals surface area contributed by atoms with E-state index in [2.05, 4.69) is 26.1 Å². The van der Waals surface area contributed by atoms with E-state index >= 15 is 0 Å². The smallest absolute Gasteiger partial charge is 0.126 e. The Bertz CT molecular complexity index is 421. The summed E-state index contributed by atoms with van der Waals surface area (Å²) in [4.78, 5) is 0. The molecule has 21 heavy (non-hydrogen) atoms. The van der Waals surface area contributed by atoms with Crippen LogP contribution in [-0.2, 0) is 6.42 Å². The summed E-state index contributed by atoms with van der Waals surface area (Å²) in [5.74, 6) is 2.32. The fraction of sp³-hybridized carbons (Fsp3) is 0.684. The topological polar surface area (TPSA) is 12.0 Å². The Morgan fingerprint density at radius 2 is 1.71 bits per heavy atom. The molecule has 1 saturated carbocycles. The lowest BCUT2D eigenvalue weighted by Gasteiger charge is -2.36. The van der Waals surface area contributed by atoms with Crippen molar-refractivity contribution in [3.05, 3.63) is 35.6 Å². The van der Waals surface area contributed by atoms with E-state index in [-0.39, 0.29) is 5.82 Å². The van der Waals surface area contributed by atoms with Crippen LogP contribution in [0.4, 0.5) is 4.39 Å². The summed E-state index contributed by atoms with van der Waals surface area (Å²) >= 11 is 0. The molecule has 0 radical (unpaired) electrons. The molecule has 2 heteroatoms. The third kappa shape index (κ3) is 4.54. The summed E-state index contributed by atoms with van der Waals surface area (Å²) in [5, 5.41) is 3.61. The molecule has 0 aliphatic heterocycles. The summed E-state index contributed by atoms with van der Waals surface area (Å²) < 4.78 is 13.9. The molecule has 0 amide bonds. The van der Waals surface area contributed by atoms with Crippen molar-refractivity contribution >= 4 is 0 Å². The Kier molecular flexibility index (Phi) is 6.22. The fourth-order valence-corrected chi connectivity index (χ4v) is 3.78. The second kappa shape index (κ2) is 7.93. The molecule has 0 bridgehead atoms. The van der Waals surface area contributed by atoms with Crippen LogP contribution in [0.15, 0.2) is 24.3 Å². The van der Waals surface area contributed by atoms with Crippen LogP contribution >= 0.6 is 0 Å². The Balaban J connectivity index is 1.98. The van der Waals surface area contributed by atoms with Gasteiger partial charge >= 0.3 is 0 Å². The van der Waals surface area contributed by atoms with Crippen molar-refractivity contribution < 1.29 is 4.39 Å². The van der Waals surface area contributed by atoms with Gasteiger partial charge in [0.05, 0.1) is 0 Å². The van der Waals surface area contributed by atoms with Crippen molar-refractivity contribution in [2.75, 3.05) is 6.54 Å². The summed E-state index contributed by atoms with van der Waals surface area (Å²) in [6.45, 7) is 7.79. The molecule has 1 aliphatic carbocycles. The maximum Gasteiger partial charge on any atom is 0.126 e. The zero-order chi connectivity index (χ0) is 15.2. The molecule has 1 atom stereocenters. The first-order valence-electron chi connectivity index (χ1n) is 8.58. The maximum atomic E-state index is 13.9. The lowest BCUT2D eigenvalue weighted by molar-refractivity contribution is 0.188. The molecule has 0 heterocycles. The van der Waals surface area contributed by atoms with Crippen LogP contribution in [0.3, 0.4) is 0 Å². The van der Waals surface area contributed by atoms with Gasteiger partial charge in [-0.1, -0.05) is 39.0 Å². The first kappa shape index (κ1) is 16.5. The molecule has 1 nitrogen and oxygen atoms in total. The van der Waals surface area contributed by atoms with E-state index in [0.29, 0.717) is 12.0 Å². The molecule has 1 aromatic carbocycles. The highest BCUT2D eigenvalue weighted by Crippen LogP contribution is 2.35. The van der Waals surface area contributed by atoms with Gasteiger partial charge < -0.3 is 5.32 Å². The third-order valence-corrected chi connectivity index (χ3v) is 5.19. The molecule has 1 N–H and O–H groups in total. The number of hydrogen-bond acceptors (Lipinski definition) is 1. The van der Waals surface area contributed by atoms with E-state index in [0.717, 1.165) is 30.4 Å². The predicted octanol–water partition coefficient (Wildman–Crippen LogP) is 4.81. The van der Waals surface area contributed by atoms with Gasteiger partial charge in [0.2, 0.25) is 0 Å². The maximum absolute atomic E-state index is 13.9. The number of benzene rings is 1. The van der Waals surface area contributed by atoms with E-state index in [9.17, 15) is 4.39 Å². The highest BCUT2D eigenvalue weighted by atomic mass is 19.1. The summed E-state index contributed by atoms with van der Waals surface area (Å²) in [7, 11) is 0. The number of nitrogens with one attached hydrogen (secondary N) is 1. The fourth-order valence-electron chi connectivity index (χ4n) is 3.78. The molecule has 1 fully saturated rings. The molecule has 1 aliphatic rings. The molecular formula is C19H30FN. The van der Waals surface area contributed by atoms with Gasteiger partial charge in [0, 0.05) is 6.04 Å². The van der Waals surface area contributed by atoms with Crippen LogP contribution in [0.1, 0.15) is 52.0 Å². The third-order valence-electron chi connectivity index (χ3n) is 5.19. The van der Waals surface area contributed by atoms with Crippen molar-refractivity contribution in [2.45, 2.75) is 58.9 Å². The second-order valence-corrected chi connectivity index (χ2v) is 6.88. The van der Waals surface area contributed by atoms with Crippen molar-refractivity contribution in [1.82, 2.24) is 5.32 Å². The molecular weight excluding hydrogens is 261 g/mol. The molecule has 1 unspecified atom stereocenters. The molecule has 0 spiro atoms. The average Bonchev–Trinajstić information content (AvgIpc) is 2.49. The van der Waals surface area contributed by atoms with Crippen molar-refractivity contribution in [2.24, 2.45) is 17.8 Å². The monoisotopic (exact) mass is 291 g/mol. The standard InChI is InChI=1S/C19H30FN/c1-4-21-19(13-17-7-5-6-8-18(17)20)16-11-9-15(10-12-16)14(2)3/h5-8,14-16,19,21H,4,9-13H2,1-3H3. The van der Waals surface area contributed by atoms with E-state index < -0.39 is 0 Å². The van der Waals surface area contributed by atoms with Gasteiger partial charge in [0.25, 0.3) is 0 Å². The zero-order valence-electron chi connectivity index (χ0n) is 13.7. The van der Waals surface area contributed by atoms with Crippen LogP contribution in [0.25, 0.3) is 0 Å². The highest BCUT2D eigenvalue weighted by Gasteiger charge is 2.28. The Hall–Kier alpha value is -0.890. The Labute approximate surface area is 129 Å². The molecule has 1 aromatic rings. The highest BCUT2D eigenvalue weighted by molar-refractivity contribution is 5.18. The van der Waals surface area contributed by atoms with E-state index in [1.54, 1.807) is 12.1 Å². The number of hydrogen-bond donors (Lipinski definition) is 1. The molecule has 118 valence electrons. The second-order valence-electron chi connectivity index (χ2n) is 6.88. The minimum absolute atomic E-state index is 0.0590. The van der Waals surface area contributed by atoms with Crippen LogP contribution < -0.4 is 5.32 Å². The van der Waals surface area contributed by atoms with Crippen molar-refractivity contribution in [1.29, 1.82) is 0 Å². The van der Waals surface area contributed by atoms with Crippen molar-refractivity contribution in [3.63, 3.8) is 0 Å². The number of likely N-dealkylation sites (N-methyl/N-ethyl adjacent to an activating group) is 1. The molecule has 0 saturated heterocycles. The minimum atomic E-state index is -0.0590. The van der Waals surface area contributed by atoms with Crippen LogP contribution in [0.5, 0.6) is 0 Å². The summed E-state index contributed by atoms with van der Waals surface area (Å²) in [6.07, 6.45) is 6.06. The van der Waals surface area contributed by atoms with E-state index in [1.165, 1.54) is 25.7 Å². The van der Waals surface area contributed by atoms with Gasteiger partial charge in [0.1, 0.15) is 5.82 Å². The van der Waals surface area contributed by atoms with Gasteiger partial charge in [0.15, 0.2) is 0 Å². The predicted molar refractivity (Wildman–Crippen MR) is 87.9 cm³/mol. The first-order chi connectivity index (χ1) is 10.1. The van der Waals surface area contributed by atoms with Gasteiger partial charge in [-0.05, 0) is 68.0 Å². The lowest BCUT2D eigenvalue weighted by atomic mass is 9.73. The normalized spacial score (nSPS) is 24.2. The number of halogens is 1. The zero-order valence-corrected chi connectivity index (χ0v) is 13.7. The minimum Gasteiger partial charge on any atom is -0.314 e. The van der Waals surface area contributed by atoms with Crippen LogP contribution in [0.2, 0.25) is 0 Å². The summed E-state index contributed by atoms with van der Waals surface area (Å²) in [6, 6.07) is 7.64. The Morgan fingerprint density at radius 3 is 2.29 bits per heavy atom. The van der Waals surface area contributed by atoms with Gasteiger partial charge in [-0.2, -0.15) is 0 Å². The van der Waals surface area contributed by atoms with Gasteiger partial charge in [-0.3, -0.25) is 0 Å². The quantitative estimate of drug-likeness (QED) is 0.793. The SMILES string of the molecule is CCNC(Cc1ccccc1F)C1CCC(C(C)C)CC1. The van der Waals surface area contributed by atoms with E-state index in [1.807, 2.05) is 12.1 Å². The number of rotatable bonds is 6. The summed E-state index contributed by atoms with van der Waals surface area (Å²) in [5.41, 5.74) is 0.856. The van der Waals surface area contributed by atoms with Crippen LogP contribution in [-0.4, -0.2) is 12.6 Å². The molecule has 0 aromatic heterocycles. The average molecular weight is 291 g/mol. The lowest BCUT2D eigenvalue weighted by Crippen LogP contribution is -2.40. The Morgan fingerprint density at radius 1 is 1.10 bits per heavy atom. The van der Waals surface area contributed by atoms with Crippen molar-refractivity contribution in [3.8, 4) is 0 Å². The largest absolute Gasteiger partial charge is 0.314 e.